The van der Waals surface area contributed by atoms with Crippen LogP contribution >= 0.6 is 0 Å². The number of rotatable bonds is 10. The molecule has 0 aromatic heterocycles. The molecule has 32 heavy (non-hydrogen) atoms. The van der Waals surface area contributed by atoms with Crippen LogP contribution in [0, 0.1) is 23.7 Å². The maximum absolute atomic E-state index is 13.6. The zero-order chi connectivity index (χ0) is 24.2. The van der Waals surface area contributed by atoms with E-state index in [1.165, 1.54) is 32.1 Å². The van der Waals surface area contributed by atoms with E-state index >= 15 is 0 Å². The number of carbonyl (C=O) groups is 1. The molecule has 0 spiro atoms. The third-order valence-electron chi connectivity index (χ3n) is 7.18. The zero-order valence-corrected chi connectivity index (χ0v) is 18.2. The molecule has 0 unspecified atom stereocenters. The molecule has 0 saturated heterocycles. The number of halogens is 8. The zero-order valence-electron chi connectivity index (χ0n) is 18.2. The molecule has 0 amide bonds. The summed E-state index contributed by atoms with van der Waals surface area (Å²) in [6.45, 7) is -0.205. The fourth-order valence-electron chi connectivity index (χ4n) is 5.02. The van der Waals surface area contributed by atoms with Gasteiger partial charge in [-0.05, 0) is 56.3 Å². The van der Waals surface area contributed by atoms with E-state index in [1.807, 2.05) is 0 Å². The molecule has 2 nitrogen and oxygen atoms in total. The quantitative estimate of drug-likeness (QED) is 0.239. The Morgan fingerprint density at radius 1 is 0.875 bits per heavy atom. The third kappa shape index (κ3) is 6.07. The van der Waals surface area contributed by atoms with Gasteiger partial charge in [0.1, 0.15) is 0 Å². The van der Waals surface area contributed by atoms with Gasteiger partial charge in [-0.3, -0.25) is 4.79 Å². The number of hydrogen-bond acceptors (Lipinski definition) is 2. The first-order chi connectivity index (χ1) is 14.8. The van der Waals surface area contributed by atoms with E-state index < -0.39 is 42.7 Å². The fourth-order valence-corrected chi connectivity index (χ4v) is 5.02. The molecule has 2 saturated carbocycles. The van der Waals surface area contributed by atoms with E-state index in [9.17, 15) is 39.9 Å². The van der Waals surface area contributed by atoms with Crippen molar-refractivity contribution in [2.75, 3.05) is 6.61 Å². The van der Waals surface area contributed by atoms with Crippen molar-refractivity contribution in [1.29, 1.82) is 0 Å². The van der Waals surface area contributed by atoms with Crippen LogP contribution in [0.3, 0.4) is 0 Å². The second-order valence-corrected chi connectivity index (χ2v) is 9.34. The van der Waals surface area contributed by atoms with E-state index in [0.29, 0.717) is 37.5 Å². The van der Waals surface area contributed by atoms with Crippen molar-refractivity contribution in [2.45, 2.75) is 102 Å². The summed E-state index contributed by atoms with van der Waals surface area (Å²) in [4.78, 5) is 12.0. The molecule has 2 aliphatic carbocycles. The minimum absolute atomic E-state index is 0.342. The molecule has 0 atom stereocenters. The van der Waals surface area contributed by atoms with Gasteiger partial charge in [0, 0.05) is 0 Å². The van der Waals surface area contributed by atoms with Crippen LogP contribution < -0.4 is 0 Å². The monoisotopic (exact) mass is 480 g/mol. The smallest absolute Gasteiger partial charge is 0.381 e. The number of unbranched alkanes of at least 4 members (excludes halogenated alkanes) is 1. The van der Waals surface area contributed by atoms with E-state index in [2.05, 4.69) is 11.7 Å². The van der Waals surface area contributed by atoms with Gasteiger partial charge in [0.25, 0.3) is 0 Å². The molecule has 0 bridgehead atoms. The van der Waals surface area contributed by atoms with Crippen LogP contribution in [0.5, 0.6) is 0 Å². The van der Waals surface area contributed by atoms with E-state index in [1.54, 1.807) is 0 Å². The highest BCUT2D eigenvalue weighted by molar-refractivity contribution is 5.72. The van der Waals surface area contributed by atoms with E-state index in [-0.39, 0.29) is 0 Å². The van der Waals surface area contributed by atoms with Crippen LogP contribution in [0.25, 0.3) is 0 Å². The van der Waals surface area contributed by atoms with Crippen LogP contribution in [0.2, 0.25) is 0 Å². The second-order valence-electron chi connectivity index (χ2n) is 9.34. The Labute approximate surface area is 183 Å². The molecule has 10 heteroatoms. The lowest BCUT2D eigenvalue weighted by Gasteiger charge is -2.37. The van der Waals surface area contributed by atoms with Gasteiger partial charge in [0.15, 0.2) is 6.61 Å². The number of ether oxygens (including phenoxy) is 1. The molecule has 0 aromatic rings. The van der Waals surface area contributed by atoms with Gasteiger partial charge < -0.3 is 4.74 Å². The van der Waals surface area contributed by atoms with Gasteiger partial charge in [-0.2, -0.15) is 26.3 Å². The summed E-state index contributed by atoms with van der Waals surface area (Å²) in [7, 11) is 0. The highest BCUT2D eigenvalue weighted by atomic mass is 19.4. The summed E-state index contributed by atoms with van der Waals surface area (Å²) in [5.74, 6) is -18.5. The Kier molecular flexibility index (Phi) is 9.24. The predicted molar refractivity (Wildman–Crippen MR) is 102 cm³/mol. The van der Waals surface area contributed by atoms with Crippen molar-refractivity contribution in [3.8, 4) is 0 Å². The lowest BCUT2D eigenvalue weighted by atomic mass is 9.68. The number of hydrogen-bond donors (Lipinski definition) is 0. The maximum atomic E-state index is 13.6. The number of carbonyl (C=O) groups excluding carboxylic acids is 1. The first kappa shape index (κ1) is 27.2. The normalized spacial score (nSPS) is 28.1. The van der Waals surface area contributed by atoms with Crippen LogP contribution in [-0.4, -0.2) is 36.8 Å². The highest BCUT2D eigenvalue weighted by Crippen LogP contribution is 2.49. The highest BCUT2D eigenvalue weighted by Gasteiger charge is 2.75. The summed E-state index contributed by atoms with van der Waals surface area (Å²) in [6.07, 6.45) is 5.31. The predicted octanol–water partition coefficient (Wildman–Crippen LogP) is 7.50. The molecular weight excluding hydrogens is 448 g/mol. The van der Waals surface area contributed by atoms with Crippen LogP contribution in [0.1, 0.15) is 77.6 Å². The lowest BCUT2D eigenvalue weighted by molar-refractivity contribution is -0.344. The van der Waals surface area contributed by atoms with Crippen molar-refractivity contribution in [2.24, 2.45) is 23.7 Å². The molecule has 0 aliphatic heterocycles. The van der Waals surface area contributed by atoms with Gasteiger partial charge in [0.05, 0.1) is 5.92 Å². The lowest BCUT2D eigenvalue weighted by Crippen LogP contribution is -2.59. The molecule has 2 fully saturated rings. The Bertz CT molecular complexity index is 595. The summed E-state index contributed by atoms with van der Waals surface area (Å²) >= 11 is 0. The van der Waals surface area contributed by atoms with Crippen molar-refractivity contribution in [3.63, 3.8) is 0 Å². The summed E-state index contributed by atoms with van der Waals surface area (Å²) in [5.41, 5.74) is 0. The third-order valence-corrected chi connectivity index (χ3v) is 7.18. The SMILES string of the molecule is CCCCC1CCC(C2CCC(C(=O)OCC(F)(F)C(F)(F)C(F)(F)C(F)F)CC2)CC1. The Morgan fingerprint density at radius 3 is 1.84 bits per heavy atom. The first-order valence-electron chi connectivity index (χ1n) is 11.4. The Hall–Kier alpha value is -1.09. The standard InChI is InChI=1S/C22H32F8O2/c1-2-3-4-14-5-7-15(8-6-14)16-9-11-17(12-10-16)18(31)32-13-20(25,26)22(29,30)21(27,28)19(23)24/h14-17,19H,2-13H2,1H3. The Morgan fingerprint density at radius 2 is 1.38 bits per heavy atom. The molecule has 0 aromatic carbocycles. The van der Waals surface area contributed by atoms with E-state index in [4.69, 9.17) is 0 Å². The molecule has 2 rings (SSSR count). The van der Waals surface area contributed by atoms with Crippen LogP contribution in [0.15, 0.2) is 0 Å². The average Bonchev–Trinajstić information content (AvgIpc) is 2.76. The van der Waals surface area contributed by atoms with Crippen molar-refractivity contribution in [3.05, 3.63) is 0 Å². The molecule has 0 heterocycles. The molecular formula is C22H32F8O2. The van der Waals surface area contributed by atoms with Crippen LogP contribution in [0.4, 0.5) is 35.1 Å². The van der Waals surface area contributed by atoms with E-state index in [0.717, 1.165) is 18.8 Å². The Balaban J connectivity index is 1.79. The van der Waals surface area contributed by atoms with Crippen molar-refractivity contribution in [1.82, 2.24) is 0 Å². The fraction of sp³-hybridized carbons (Fsp3) is 0.955. The van der Waals surface area contributed by atoms with Crippen LogP contribution in [-0.2, 0) is 9.53 Å². The van der Waals surface area contributed by atoms with Crippen molar-refractivity contribution < 1.29 is 44.7 Å². The molecule has 188 valence electrons. The molecule has 0 radical (unpaired) electrons. The van der Waals surface area contributed by atoms with Gasteiger partial charge in [-0.25, -0.2) is 8.78 Å². The second kappa shape index (κ2) is 10.9. The summed E-state index contributed by atoms with van der Waals surface area (Å²) in [5, 5.41) is 0. The maximum Gasteiger partial charge on any atom is 0.381 e. The summed E-state index contributed by atoms with van der Waals surface area (Å²) < 4.78 is 108. The number of alkyl halides is 8. The largest absolute Gasteiger partial charge is 0.459 e. The van der Waals surface area contributed by atoms with Gasteiger partial charge in [0.2, 0.25) is 0 Å². The summed E-state index contributed by atoms with van der Waals surface area (Å²) in [6, 6.07) is 0. The minimum atomic E-state index is -6.36. The van der Waals surface area contributed by atoms with Crippen molar-refractivity contribution >= 4 is 5.97 Å². The van der Waals surface area contributed by atoms with Gasteiger partial charge >= 0.3 is 30.2 Å². The minimum Gasteiger partial charge on any atom is -0.459 e. The van der Waals surface area contributed by atoms with Gasteiger partial charge in [-0.1, -0.05) is 39.0 Å². The van der Waals surface area contributed by atoms with Gasteiger partial charge in [-0.15, -0.1) is 0 Å². The first-order valence-corrected chi connectivity index (χ1v) is 11.4. The average molecular weight is 480 g/mol. The molecule has 2 aliphatic rings. The number of esters is 1. The topological polar surface area (TPSA) is 26.3 Å². The molecule has 0 N–H and O–H groups in total.